The smallest absolute Gasteiger partial charge is 0.223 e. The number of carbonyl (C=O) groups is 2. The van der Waals surface area contributed by atoms with Gasteiger partial charge >= 0.3 is 0 Å². The molecule has 2 bridgehead atoms. The van der Waals surface area contributed by atoms with Crippen LogP contribution in [0.2, 0.25) is 0 Å². The van der Waals surface area contributed by atoms with E-state index < -0.39 is 23.5 Å². The molecule has 1 amide bonds. The van der Waals surface area contributed by atoms with Gasteiger partial charge in [0.05, 0.1) is 0 Å². The Kier molecular flexibility index (Phi) is 7.20. The lowest BCUT2D eigenvalue weighted by atomic mass is 9.82. The first-order valence-corrected chi connectivity index (χ1v) is 11.6. The van der Waals surface area contributed by atoms with Crippen LogP contribution in [0.1, 0.15) is 56.9 Å². The van der Waals surface area contributed by atoms with Crippen LogP contribution in [0, 0.1) is 29.3 Å². The van der Waals surface area contributed by atoms with E-state index in [9.17, 15) is 22.8 Å². The van der Waals surface area contributed by atoms with Gasteiger partial charge in [-0.2, -0.15) is 0 Å². The average Bonchev–Trinajstić information content (AvgIpc) is 3.05. The molecular weight excluding hydrogens is 421 g/mol. The number of ketones is 1. The number of amides is 1. The van der Waals surface area contributed by atoms with Crippen LogP contribution in [-0.2, 0) is 20.7 Å². The summed E-state index contributed by atoms with van der Waals surface area (Å²) in [6.45, 7) is 1.22. The number of carbonyl (C=O) groups excluding carboxylic acids is 2. The summed E-state index contributed by atoms with van der Waals surface area (Å²) in [5, 5.41) is 0. The number of benzene rings is 1. The van der Waals surface area contributed by atoms with Gasteiger partial charge in [0.2, 0.25) is 5.91 Å². The molecule has 32 heavy (non-hydrogen) atoms. The lowest BCUT2D eigenvalue weighted by Crippen LogP contribution is -2.50. The molecule has 3 aliphatic rings. The molecular formula is C24H31F3N2O3. The molecule has 176 valence electrons. The number of rotatable bonds is 7. The van der Waals surface area contributed by atoms with Crippen molar-refractivity contribution in [3.8, 4) is 0 Å². The molecule has 1 aromatic carbocycles. The van der Waals surface area contributed by atoms with E-state index in [1.54, 1.807) is 0 Å². The van der Waals surface area contributed by atoms with Gasteiger partial charge in [-0.25, -0.2) is 13.2 Å². The Morgan fingerprint density at radius 3 is 2.25 bits per heavy atom. The van der Waals surface area contributed by atoms with E-state index in [0.717, 1.165) is 31.7 Å². The number of nitrogens with zero attached hydrogens (tertiary/aromatic N) is 1. The lowest BCUT2D eigenvalue weighted by Gasteiger charge is -2.41. The van der Waals surface area contributed by atoms with Gasteiger partial charge in [-0.1, -0.05) is 0 Å². The average molecular weight is 453 g/mol. The zero-order chi connectivity index (χ0) is 22.8. The molecule has 8 heteroatoms. The van der Waals surface area contributed by atoms with Crippen molar-refractivity contribution in [2.45, 2.75) is 75.9 Å². The third-order valence-corrected chi connectivity index (χ3v) is 7.47. The highest BCUT2D eigenvalue weighted by molar-refractivity contribution is 5.86. The fourth-order valence-corrected chi connectivity index (χ4v) is 5.70. The Bertz CT molecular complexity index is 845. The summed E-state index contributed by atoms with van der Waals surface area (Å²) in [6, 6.07) is 1.19. The van der Waals surface area contributed by atoms with E-state index in [4.69, 9.17) is 10.5 Å². The van der Waals surface area contributed by atoms with Gasteiger partial charge in [0, 0.05) is 56.2 Å². The van der Waals surface area contributed by atoms with E-state index in [2.05, 4.69) is 0 Å². The van der Waals surface area contributed by atoms with Crippen LogP contribution in [0.3, 0.4) is 0 Å². The number of halogens is 3. The van der Waals surface area contributed by atoms with Crippen LogP contribution < -0.4 is 5.73 Å². The normalized spacial score (nSPS) is 26.9. The Morgan fingerprint density at radius 1 is 0.969 bits per heavy atom. The Morgan fingerprint density at radius 2 is 1.59 bits per heavy atom. The number of Topliss-reactive ketones (excluding diaryl/α,β-unsaturated/α-hetero) is 1. The van der Waals surface area contributed by atoms with Gasteiger partial charge in [-0.3, -0.25) is 9.59 Å². The molecule has 4 atom stereocenters. The molecule has 1 unspecified atom stereocenters. The molecule has 2 N–H and O–H groups in total. The summed E-state index contributed by atoms with van der Waals surface area (Å²) in [4.78, 5) is 27.3. The first-order valence-electron chi connectivity index (χ1n) is 11.6. The summed E-state index contributed by atoms with van der Waals surface area (Å²) in [7, 11) is 0. The Labute approximate surface area is 186 Å². The van der Waals surface area contributed by atoms with Crippen LogP contribution in [0.15, 0.2) is 12.1 Å². The van der Waals surface area contributed by atoms with E-state index in [0.29, 0.717) is 32.1 Å². The maximum atomic E-state index is 14.0. The predicted octanol–water partition coefficient (Wildman–Crippen LogP) is 3.52. The van der Waals surface area contributed by atoms with Crippen LogP contribution in [0.4, 0.5) is 13.2 Å². The van der Waals surface area contributed by atoms with Crippen molar-refractivity contribution in [3.63, 3.8) is 0 Å². The maximum absolute atomic E-state index is 14.0. The van der Waals surface area contributed by atoms with Crippen molar-refractivity contribution < 1.29 is 27.5 Å². The minimum atomic E-state index is -1.21. The number of hydrogen-bond donors (Lipinski definition) is 1. The molecule has 0 saturated carbocycles. The minimum absolute atomic E-state index is 0.00806. The third-order valence-electron chi connectivity index (χ3n) is 7.47. The highest BCUT2D eigenvalue weighted by Gasteiger charge is 2.44. The molecule has 5 nitrogen and oxygen atoms in total. The van der Waals surface area contributed by atoms with Crippen LogP contribution in [0.5, 0.6) is 0 Å². The highest BCUT2D eigenvalue weighted by Crippen LogP contribution is 2.40. The second-order valence-corrected chi connectivity index (χ2v) is 9.50. The lowest BCUT2D eigenvalue weighted by molar-refractivity contribution is -0.139. The molecule has 0 aromatic heterocycles. The van der Waals surface area contributed by atoms with E-state index in [1.165, 1.54) is 0 Å². The van der Waals surface area contributed by atoms with Crippen molar-refractivity contribution >= 4 is 11.7 Å². The summed E-state index contributed by atoms with van der Waals surface area (Å²) < 4.78 is 46.0. The molecule has 3 saturated heterocycles. The van der Waals surface area contributed by atoms with Crippen molar-refractivity contribution in [1.82, 2.24) is 4.90 Å². The monoisotopic (exact) mass is 452 g/mol. The van der Waals surface area contributed by atoms with Crippen molar-refractivity contribution in [1.29, 1.82) is 0 Å². The first-order chi connectivity index (χ1) is 15.3. The van der Waals surface area contributed by atoms with Gasteiger partial charge in [0.25, 0.3) is 0 Å². The SMILES string of the molecule is N[C@H](Cc1cc(F)c(F)cc1F)C1C[C@H]2CC[C@@H](C1)N2C(=O)CCC(=O)C1CCOCC1. The zero-order valence-corrected chi connectivity index (χ0v) is 18.2. The van der Waals surface area contributed by atoms with Crippen LogP contribution in [-0.4, -0.2) is 47.9 Å². The minimum Gasteiger partial charge on any atom is -0.381 e. The van der Waals surface area contributed by atoms with Crippen molar-refractivity contribution in [2.24, 2.45) is 17.6 Å². The molecule has 3 fully saturated rings. The van der Waals surface area contributed by atoms with Crippen LogP contribution >= 0.6 is 0 Å². The fraction of sp³-hybridized carbons (Fsp3) is 0.667. The van der Waals surface area contributed by atoms with E-state index >= 15 is 0 Å². The van der Waals surface area contributed by atoms with Gasteiger partial charge in [0.1, 0.15) is 11.6 Å². The summed E-state index contributed by atoms with van der Waals surface area (Å²) in [5.74, 6) is -2.81. The molecule has 3 aliphatic heterocycles. The van der Waals surface area contributed by atoms with E-state index in [1.807, 2.05) is 4.90 Å². The third kappa shape index (κ3) is 5.01. The highest BCUT2D eigenvalue weighted by atomic mass is 19.2. The summed E-state index contributed by atoms with van der Waals surface area (Å²) in [5.41, 5.74) is 6.43. The molecule has 0 radical (unpaired) electrons. The molecule has 0 aliphatic carbocycles. The predicted molar refractivity (Wildman–Crippen MR) is 112 cm³/mol. The molecule has 4 rings (SSSR count). The second kappa shape index (κ2) is 9.91. The quantitative estimate of drug-likeness (QED) is 0.643. The maximum Gasteiger partial charge on any atom is 0.223 e. The Hall–Kier alpha value is -1.93. The van der Waals surface area contributed by atoms with Gasteiger partial charge in [-0.05, 0) is 62.5 Å². The zero-order valence-electron chi connectivity index (χ0n) is 18.2. The largest absolute Gasteiger partial charge is 0.381 e. The van der Waals surface area contributed by atoms with Gasteiger partial charge in [0.15, 0.2) is 11.6 Å². The van der Waals surface area contributed by atoms with Crippen molar-refractivity contribution in [2.75, 3.05) is 13.2 Å². The Balaban J connectivity index is 1.31. The number of fused-ring (bicyclic) bond motifs is 2. The summed E-state index contributed by atoms with van der Waals surface area (Å²) >= 11 is 0. The fourth-order valence-electron chi connectivity index (χ4n) is 5.70. The van der Waals surface area contributed by atoms with Crippen molar-refractivity contribution in [3.05, 3.63) is 35.1 Å². The molecule has 1 aromatic rings. The molecule has 0 spiro atoms. The standard InChI is InChI=1S/C24H31F3N2O3/c25-19-13-21(27)20(26)11-15(19)12-22(28)16-9-17-1-2-18(10-16)29(17)24(31)4-3-23(30)14-5-7-32-8-6-14/h11,13-14,16-18,22H,1-10,12,28H2/t16?,17-,18+,22-/m1/s1. The first kappa shape index (κ1) is 23.2. The topological polar surface area (TPSA) is 72.6 Å². The number of ether oxygens (including phenoxy) is 1. The van der Waals surface area contributed by atoms with Gasteiger partial charge < -0.3 is 15.4 Å². The number of hydrogen-bond acceptors (Lipinski definition) is 4. The van der Waals surface area contributed by atoms with E-state index in [-0.39, 0.29) is 60.4 Å². The molecule has 3 heterocycles. The second-order valence-electron chi connectivity index (χ2n) is 9.50. The number of nitrogens with two attached hydrogens (primary N) is 1. The van der Waals surface area contributed by atoms with Crippen LogP contribution in [0.25, 0.3) is 0 Å². The van der Waals surface area contributed by atoms with Gasteiger partial charge in [-0.15, -0.1) is 0 Å². The summed E-state index contributed by atoms with van der Waals surface area (Å²) in [6.07, 6.45) is 5.32. The number of piperidine rings is 1.